The highest BCUT2D eigenvalue weighted by atomic mass is 16.1. The molecule has 0 unspecified atom stereocenters. The van der Waals surface area contributed by atoms with Crippen LogP contribution in [-0.2, 0) is 6.54 Å². The molecule has 0 N–H and O–H groups in total. The van der Waals surface area contributed by atoms with Gasteiger partial charge in [0.05, 0.1) is 18.6 Å². The van der Waals surface area contributed by atoms with Gasteiger partial charge in [-0.1, -0.05) is 12.1 Å². The lowest BCUT2D eigenvalue weighted by Crippen LogP contribution is -2.11. The maximum absolute atomic E-state index is 12.0. The Labute approximate surface area is 92.3 Å². The molecule has 2 aromatic heterocycles. The van der Waals surface area contributed by atoms with Gasteiger partial charge in [0.15, 0.2) is 0 Å². The molecule has 0 fully saturated rings. The highest BCUT2D eigenvalue weighted by molar-refractivity contribution is 6.07. The zero-order valence-corrected chi connectivity index (χ0v) is 8.87. The summed E-state index contributed by atoms with van der Waals surface area (Å²) < 4.78 is 1.60. The maximum atomic E-state index is 12.0. The molecule has 16 heavy (non-hydrogen) atoms. The predicted octanol–water partition coefficient (Wildman–Crippen LogP) is 0.709. The molecule has 6 nitrogen and oxygen atoms in total. The lowest BCUT2D eigenvalue weighted by Gasteiger charge is -2.02. The molecule has 0 aliphatic carbocycles. The average Bonchev–Trinajstić information content (AvgIpc) is 2.78. The van der Waals surface area contributed by atoms with Crippen molar-refractivity contribution in [2.75, 3.05) is 0 Å². The Morgan fingerprint density at radius 1 is 1.31 bits per heavy atom. The van der Waals surface area contributed by atoms with Crippen LogP contribution < -0.4 is 0 Å². The Hall–Kier alpha value is -2.11. The van der Waals surface area contributed by atoms with E-state index in [1.165, 1.54) is 18.6 Å². The van der Waals surface area contributed by atoms with Crippen LogP contribution in [0.25, 0.3) is 0 Å². The van der Waals surface area contributed by atoms with Gasteiger partial charge in [0.1, 0.15) is 5.69 Å². The van der Waals surface area contributed by atoms with Gasteiger partial charge < -0.3 is 0 Å². The van der Waals surface area contributed by atoms with Gasteiger partial charge >= 0.3 is 0 Å². The highest BCUT2D eigenvalue weighted by Crippen LogP contribution is 2.06. The first-order valence-electron chi connectivity index (χ1n) is 5.03. The van der Waals surface area contributed by atoms with Crippen LogP contribution in [-0.4, -0.2) is 31.0 Å². The fraction of sp³-hybridized carbons (Fsp3) is 0.300. The van der Waals surface area contributed by atoms with Crippen LogP contribution in [0.5, 0.6) is 0 Å². The first-order chi connectivity index (χ1) is 7.83. The smallest absolute Gasteiger partial charge is 0.214 e. The zero-order chi connectivity index (χ0) is 11.4. The molecular formula is C10H11N5O. The summed E-state index contributed by atoms with van der Waals surface area (Å²) in [5.41, 5.74) is 0.976. The third-order valence-electron chi connectivity index (χ3n) is 2.13. The summed E-state index contributed by atoms with van der Waals surface area (Å²) in [6.07, 6.45) is 5.30. The van der Waals surface area contributed by atoms with Crippen molar-refractivity contribution in [3.8, 4) is 0 Å². The lowest BCUT2D eigenvalue weighted by molar-refractivity contribution is 0.102. The molecule has 0 spiro atoms. The number of hydrogen-bond acceptors (Lipinski definition) is 5. The van der Waals surface area contributed by atoms with Crippen LogP contribution in [0.1, 0.15) is 29.4 Å². The summed E-state index contributed by atoms with van der Waals surface area (Å²) in [4.78, 5) is 12.0. The minimum absolute atomic E-state index is 0.131. The molecule has 0 radical (unpaired) electrons. The van der Waals surface area contributed by atoms with E-state index in [1.54, 1.807) is 10.7 Å². The quantitative estimate of drug-likeness (QED) is 0.705. The molecule has 82 valence electrons. The van der Waals surface area contributed by atoms with E-state index in [2.05, 4.69) is 20.5 Å². The monoisotopic (exact) mass is 217 g/mol. The number of carbonyl (C=O) groups excluding carboxylic acids is 1. The van der Waals surface area contributed by atoms with Crippen LogP contribution in [0.4, 0.5) is 0 Å². The number of aromatic nitrogens is 5. The van der Waals surface area contributed by atoms with E-state index in [0.29, 0.717) is 17.8 Å². The minimum atomic E-state index is -0.131. The Morgan fingerprint density at radius 2 is 2.19 bits per heavy atom. The summed E-state index contributed by atoms with van der Waals surface area (Å²) >= 11 is 0. The van der Waals surface area contributed by atoms with Crippen molar-refractivity contribution >= 4 is 5.78 Å². The lowest BCUT2D eigenvalue weighted by atomic mass is 10.1. The second-order valence-electron chi connectivity index (χ2n) is 3.30. The number of aryl methyl sites for hydroxylation is 1. The van der Waals surface area contributed by atoms with E-state index >= 15 is 0 Å². The van der Waals surface area contributed by atoms with E-state index in [4.69, 9.17) is 0 Å². The number of hydrogen-bond donors (Lipinski definition) is 0. The molecule has 0 aromatic carbocycles. The van der Waals surface area contributed by atoms with Gasteiger partial charge in [-0.25, -0.2) is 4.68 Å². The fourth-order valence-electron chi connectivity index (χ4n) is 1.38. The van der Waals surface area contributed by atoms with Gasteiger partial charge in [-0.2, -0.15) is 10.2 Å². The van der Waals surface area contributed by atoms with Crippen molar-refractivity contribution in [2.24, 2.45) is 0 Å². The summed E-state index contributed by atoms with van der Waals surface area (Å²) in [7, 11) is 0. The molecule has 0 bridgehead atoms. The molecular weight excluding hydrogens is 206 g/mol. The van der Waals surface area contributed by atoms with Crippen LogP contribution in [0.15, 0.2) is 24.7 Å². The molecule has 0 atom stereocenters. The molecule has 2 rings (SSSR count). The van der Waals surface area contributed by atoms with Crippen LogP contribution in [0.3, 0.4) is 0 Å². The van der Waals surface area contributed by atoms with Crippen LogP contribution in [0.2, 0.25) is 0 Å². The second kappa shape index (κ2) is 4.61. The molecule has 6 heteroatoms. The summed E-state index contributed by atoms with van der Waals surface area (Å²) in [5.74, 6) is -0.131. The Kier molecular flexibility index (Phi) is 3.00. The van der Waals surface area contributed by atoms with Gasteiger partial charge in [-0.15, -0.1) is 5.10 Å². The highest BCUT2D eigenvalue weighted by Gasteiger charge is 2.14. The summed E-state index contributed by atoms with van der Waals surface area (Å²) in [6.45, 7) is 2.70. The van der Waals surface area contributed by atoms with Crippen LogP contribution >= 0.6 is 0 Å². The van der Waals surface area contributed by atoms with Crippen molar-refractivity contribution in [1.29, 1.82) is 0 Å². The van der Waals surface area contributed by atoms with Crippen molar-refractivity contribution in [3.05, 3.63) is 35.9 Å². The predicted molar refractivity (Wildman–Crippen MR) is 55.8 cm³/mol. The average molecular weight is 217 g/mol. The molecule has 2 heterocycles. The molecule has 0 amide bonds. The standard InChI is InChI=1S/C10H11N5O/c1-2-5-15-9(7-13-14-15)10(16)8-3-4-11-12-6-8/h3-4,6-7H,2,5H2,1H3. The molecule has 0 aliphatic heterocycles. The Balaban J connectivity index is 2.31. The molecule has 0 saturated carbocycles. The van der Waals surface area contributed by atoms with Gasteiger partial charge in [0, 0.05) is 12.1 Å². The van der Waals surface area contributed by atoms with Gasteiger partial charge in [0.25, 0.3) is 0 Å². The van der Waals surface area contributed by atoms with E-state index in [1.807, 2.05) is 6.92 Å². The number of rotatable bonds is 4. The maximum Gasteiger partial charge on any atom is 0.214 e. The van der Waals surface area contributed by atoms with Crippen molar-refractivity contribution in [2.45, 2.75) is 19.9 Å². The van der Waals surface area contributed by atoms with Crippen molar-refractivity contribution < 1.29 is 4.79 Å². The van der Waals surface area contributed by atoms with E-state index < -0.39 is 0 Å². The summed E-state index contributed by atoms with van der Waals surface area (Å²) in [5, 5.41) is 14.9. The molecule has 0 saturated heterocycles. The largest absolute Gasteiger partial charge is 0.287 e. The van der Waals surface area contributed by atoms with Crippen molar-refractivity contribution in [3.63, 3.8) is 0 Å². The van der Waals surface area contributed by atoms with Crippen LogP contribution in [0, 0.1) is 0 Å². The SMILES string of the molecule is CCCn1nncc1C(=O)c1ccnnc1. The second-order valence-corrected chi connectivity index (χ2v) is 3.30. The molecule has 2 aromatic rings. The van der Waals surface area contributed by atoms with E-state index in [-0.39, 0.29) is 5.78 Å². The molecule has 0 aliphatic rings. The third-order valence-corrected chi connectivity index (χ3v) is 2.13. The first-order valence-corrected chi connectivity index (χ1v) is 5.03. The first kappa shape index (κ1) is 10.4. The number of carbonyl (C=O) groups is 1. The van der Waals surface area contributed by atoms with E-state index in [9.17, 15) is 4.79 Å². The van der Waals surface area contributed by atoms with Crippen molar-refractivity contribution in [1.82, 2.24) is 25.2 Å². The Morgan fingerprint density at radius 3 is 2.88 bits per heavy atom. The van der Waals surface area contributed by atoms with Gasteiger partial charge in [-0.05, 0) is 12.5 Å². The Bertz CT molecular complexity index is 479. The number of ketones is 1. The van der Waals surface area contributed by atoms with Gasteiger partial charge in [0.2, 0.25) is 5.78 Å². The van der Waals surface area contributed by atoms with E-state index in [0.717, 1.165) is 6.42 Å². The zero-order valence-electron chi connectivity index (χ0n) is 8.87. The van der Waals surface area contributed by atoms with Gasteiger partial charge in [-0.3, -0.25) is 4.79 Å². The normalized spacial score (nSPS) is 10.3. The topological polar surface area (TPSA) is 73.6 Å². The summed E-state index contributed by atoms with van der Waals surface area (Å²) in [6, 6.07) is 1.62. The number of nitrogens with zero attached hydrogens (tertiary/aromatic N) is 5. The third kappa shape index (κ3) is 1.95. The minimum Gasteiger partial charge on any atom is -0.287 e. The fourth-order valence-corrected chi connectivity index (χ4v) is 1.38.